The number of likely N-dealkylation sites (tertiary alicyclic amines) is 1. The summed E-state index contributed by atoms with van der Waals surface area (Å²) in [5, 5.41) is 20.6. The number of aliphatic hydroxyl groups is 1. The van der Waals surface area contributed by atoms with Gasteiger partial charge in [-0.3, -0.25) is 14.4 Å². The Kier molecular flexibility index (Phi) is 13.5. The fourth-order valence-electron chi connectivity index (χ4n) is 6.52. The van der Waals surface area contributed by atoms with Crippen molar-refractivity contribution in [2.45, 2.75) is 65.8 Å². The van der Waals surface area contributed by atoms with Gasteiger partial charge >= 0.3 is 0 Å². The summed E-state index contributed by atoms with van der Waals surface area (Å²) in [6, 6.07) is 20.5. The van der Waals surface area contributed by atoms with Crippen LogP contribution in [0.1, 0.15) is 44.0 Å². The van der Waals surface area contributed by atoms with Gasteiger partial charge in [0.25, 0.3) is 0 Å². The van der Waals surface area contributed by atoms with Crippen LogP contribution in [0.2, 0.25) is 0 Å². The summed E-state index contributed by atoms with van der Waals surface area (Å²) in [6.45, 7) is 11.1. The van der Waals surface area contributed by atoms with Crippen molar-refractivity contribution in [1.29, 1.82) is 0 Å². The second kappa shape index (κ2) is 18.5. The second-order valence-electron chi connectivity index (χ2n) is 15.1. The minimum Gasteiger partial charge on any atom is -0.391 e. The van der Waals surface area contributed by atoms with Gasteiger partial charge in [0.05, 0.1) is 52.2 Å². The molecular weight excluding hydrogens is 749 g/mol. The molecule has 0 bridgehead atoms. The number of carbonyl (C=O) groups excluding carboxylic acids is 3. The molecule has 5 aromatic rings. The van der Waals surface area contributed by atoms with Gasteiger partial charge in [-0.25, -0.2) is 9.97 Å². The number of hydrogen-bond donors (Lipinski definition) is 4. The van der Waals surface area contributed by atoms with Crippen LogP contribution in [0.4, 0.5) is 5.69 Å². The number of aryl methyl sites for hydroxylation is 2. The Morgan fingerprint density at radius 2 is 1.70 bits per heavy atom. The Labute approximate surface area is 335 Å². The molecule has 3 amide bonds. The molecular formula is C42H50N6O6S2. The molecule has 12 nitrogen and oxygen atoms in total. The van der Waals surface area contributed by atoms with Gasteiger partial charge in [-0.05, 0) is 72.4 Å². The van der Waals surface area contributed by atoms with Crippen LogP contribution in [0.25, 0.3) is 31.2 Å². The number of amides is 3. The lowest BCUT2D eigenvalue weighted by Crippen LogP contribution is -2.58. The highest BCUT2D eigenvalue weighted by Crippen LogP contribution is 2.32. The predicted octanol–water partition coefficient (Wildman–Crippen LogP) is 5.96. The molecule has 0 radical (unpaired) electrons. The molecule has 3 atom stereocenters. The molecule has 1 aliphatic rings. The Hall–Kier alpha value is -4.73. The molecule has 2 aromatic heterocycles. The van der Waals surface area contributed by atoms with Crippen molar-refractivity contribution in [3.05, 3.63) is 89.1 Å². The summed E-state index contributed by atoms with van der Waals surface area (Å²) >= 11 is 3.27. The number of nitrogens with one attached hydrogen (secondary N) is 3. The van der Waals surface area contributed by atoms with Crippen molar-refractivity contribution in [2.24, 2.45) is 5.41 Å². The maximum absolute atomic E-state index is 13.9. The van der Waals surface area contributed by atoms with E-state index in [-0.39, 0.29) is 38.6 Å². The zero-order valence-electron chi connectivity index (χ0n) is 32.5. The number of ether oxygens (including phenoxy) is 2. The molecule has 6 rings (SSSR count). The van der Waals surface area contributed by atoms with Crippen molar-refractivity contribution in [3.8, 4) is 21.0 Å². The van der Waals surface area contributed by atoms with Gasteiger partial charge in [0.15, 0.2) is 0 Å². The number of aromatic nitrogens is 2. The average Bonchev–Trinajstić information content (AvgIpc) is 3.91. The highest BCUT2D eigenvalue weighted by atomic mass is 32.1. The zero-order valence-corrected chi connectivity index (χ0v) is 34.1. The molecule has 0 saturated carbocycles. The lowest BCUT2D eigenvalue weighted by molar-refractivity contribution is -0.144. The van der Waals surface area contributed by atoms with Crippen molar-refractivity contribution in [3.63, 3.8) is 0 Å². The standard InChI is InChI=1S/C42H50N6O6S2/c1-26-6-15-33-35(20-26)56-40(46-33)30-11-13-31(14-12-30)43-16-17-53-18-19-54-24-36(50)47-38(42(3,4)5)41(52)48-23-32(49)21-34(48)39(51)44-22-28-7-9-29(10-8-28)37-27(2)45-25-55-37/h6-15,20,25,32,34,38,43,49H,16-19,21-24H2,1-5H3,(H,44,51)(H,47,50)/t32-,34+,38-/m1/s1. The Bertz CT molecular complexity index is 2110. The number of rotatable bonds is 16. The summed E-state index contributed by atoms with van der Waals surface area (Å²) in [5.74, 6) is -1.24. The second-order valence-corrected chi connectivity index (χ2v) is 17.0. The number of benzene rings is 3. The third-order valence-electron chi connectivity index (χ3n) is 9.57. The van der Waals surface area contributed by atoms with Gasteiger partial charge in [-0.1, -0.05) is 51.1 Å². The Morgan fingerprint density at radius 3 is 2.41 bits per heavy atom. The van der Waals surface area contributed by atoms with E-state index in [1.807, 2.05) is 69.6 Å². The number of carbonyl (C=O) groups is 3. The van der Waals surface area contributed by atoms with Crippen molar-refractivity contribution in [1.82, 2.24) is 25.5 Å². The molecule has 4 N–H and O–H groups in total. The summed E-state index contributed by atoms with van der Waals surface area (Å²) in [7, 11) is 0. The van der Waals surface area contributed by atoms with Gasteiger partial charge in [0.2, 0.25) is 17.7 Å². The SMILES string of the molecule is Cc1ccc2nc(-c3ccc(NCCOCCOCC(=O)N[C@H](C(=O)N4C[C@H](O)C[C@H]4C(=O)NCc4ccc(-c5scnc5C)cc4)C(C)(C)C)cc3)sc2c1. The zero-order chi connectivity index (χ0) is 39.8. The third-order valence-corrected chi connectivity index (χ3v) is 11.6. The number of β-amino-alcohol motifs (C(OH)–C–C–N with tert-alkyl or cyclic N) is 1. The van der Waals surface area contributed by atoms with Gasteiger partial charge in [-0.2, -0.15) is 0 Å². The van der Waals surface area contributed by atoms with E-state index in [2.05, 4.69) is 58.2 Å². The number of thiazole rings is 2. The molecule has 0 aliphatic carbocycles. The van der Waals surface area contributed by atoms with E-state index in [4.69, 9.17) is 14.5 Å². The van der Waals surface area contributed by atoms with Crippen LogP contribution in [0.5, 0.6) is 0 Å². The molecule has 3 aromatic carbocycles. The topological polar surface area (TPSA) is 155 Å². The molecule has 296 valence electrons. The fourth-order valence-corrected chi connectivity index (χ4v) is 8.40. The monoisotopic (exact) mass is 798 g/mol. The van der Waals surface area contributed by atoms with E-state index in [1.165, 1.54) is 15.2 Å². The highest BCUT2D eigenvalue weighted by Gasteiger charge is 2.44. The first-order valence-electron chi connectivity index (χ1n) is 18.8. The minimum absolute atomic E-state index is 0.000196. The lowest BCUT2D eigenvalue weighted by atomic mass is 9.85. The summed E-state index contributed by atoms with van der Waals surface area (Å²) < 4.78 is 12.4. The smallest absolute Gasteiger partial charge is 0.246 e. The van der Waals surface area contributed by atoms with E-state index in [9.17, 15) is 19.5 Å². The maximum Gasteiger partial charge on any atom is 0.246 e. The summed E-state index contributed by atoms with van der Waals surface area (Å²) in [5.41, 5.74) is 8.36. The summed E-state index contributed by atoms with van der Waals surface area (Å²) in [6.07, 6.45) is -0.742. The molecule has 56 heavy (non-hydrogen) atoms. The molecule has 1 fully saturated rings. The molecule has 1 saturated heterocycles. The van der Waals surface area contributed by atoms with Crippen LogP contribution >= 0.6 is 22.7 Å². The number of anilines is 1. The maximum atomic E-state index is 13.9. The Balaban J connectivity index is 0.900. The molecule has 1 aliphatic heterocycles. The van der Waals surface area contributed by atoms with Crippen molar-refractivity contribution < 1.29 is 29.0 Å². The number of aliphatic hydroxyl groups excluding tert-OH is 1. The minimum atomic E-state index is -0.941. The molecule has 3 heterocycles. The van der Waals surface area contributed by atoms with Gasteiger partial charge < -0.3 is 35.4 Å². The van der Waals surface area contributed by atoms with E-state index in [1.54, 1.807) is 22.7 Å². The van der Waals surface area contributed by atoms with E-state index in [0.717, 1.165) is 43.5 Å². The third kappa shape index (κ3) is 10.6. The number of hydrogen-bond acceptors (Lipinski definition) is 11. The summed E-state index contributed by atoms with van der Waals surface area (Å²) in [4.78, 5) is 51.8. The first-order valence-corrected chi connectivity index (χ1v) is 20.5. The van der Waals surface area contributed by atoms with Crippen molar-refractivity contribution in [2.75, 3.05) is 44.8 Å². The lowest BCUT2D eigenvalue weighted by Gasteiger charge is -2.35. The fraction of sp³-hybridized carbons (Fsp3) is 0.405. The van der Waals surface area contributed by atoms with Crippen LogP contribution in [-0.2, 0) is 30.4 Å². The molecule has 14 heteroatoms. The van der Waals surface area contributed by atoms with Crippen LogP contribution in [0.3, 0.4) is 0 Å². The van der Waals surface area contributed by atoms with Gasteiger partial charge in [-0.15, -0.1) is 22.7 Å². The largest absolute Gasteiger partial charge is 0.391 e. The van der Waals surface area contributed by atoms with Gasteiger partial charge in [0.1, 0.15) is 23.7 Å². The highest BCUT2D eigenvalue weighted by molar-refractivity contribution is 7.21. The van der Waals surface area contributed by atoms with Crippen LogP contribution in [-0.4, -0.2) is 95.4 Å². The number of fused-ring (bicyclic) bond motifs is 1. The van der Waals surface area contributed by atoms with Crippen LogP contribution in [0, 0.1) is 19.3 Å². The normalized spacial score (nSPS) is 16.2. The molecule has 0 spiro atoms. The number of nitrogens with zero attached hydrogens (tertiary/aromatic N) is 3. The van der Waals surface area contributed by atoms with Crippen molar-refractivity contribution >= 4 is 56.3 Å². The van der Waals surface area contributed by atoms with Gasteiger partial charge in [0, 0.05) is 37.3 Å². The quantitative estimate of drug-likeness (QED) is 0.0886. The van der Waals surface area contributed by atoms with Crippen LogP contribution < -0.4 is 16.0 Å². The Morgan fingerprint density at radius 1 is 0.964 bits per heavy atom. The first-order chi connectivity index (χ1) is 26.9. The van der Waals surface area contributed by atoms with E-state index in [0.29, 0.717) is 19.8 Å². The van der Waals surface area contributed by atoms with Crippen LogP contribution in [0.15, 0.2) is 72.2 Å². The predicted molar refractivity (Wildman–Crippen MR) is 222 cm³/mol. The first kappa shape index (κ1) is 40.9. The van der Waals surface area contributed by atoms with E-state index >= 15 is 0 Å². The molecule has 0 unspecified atom stereocenters. The van der Waals surface area contributed by atoms with E-state index < -0.39 is 35.4 Å². The average molecular weight is 799 g/mol.